The van der Waals surface area contributed by atoms with Crippen molar-refractivity contribution in [3.05, 3.63) is 65.2 Å². The Balaban J connectivity index is 1.86. The van der Waals surface area contributed by atoms with E-state index in [1.54, 1.807) is 35.0 Å². The maximum atomic E-state index is 14.6. The molecule has 3 rings (SSSR count). The Hall–Kier alpha value is -3.02. The van der Waals surface area contributed by atoms with Gasteiger partial charge in [0.2, 0.25) is 5.95 Å². The van der Waals surface area contributed by atoms with Crippen molar-refractivity contribution < 1.29 is 9.18 Å². The number of aromatic nitrogens is 3. The minimum absolute atomic E-state index is 0.177. The van der Waals surface area contributed by atoms with E-state index in [2.05, 4.69) is 15.4 Å². The summed E-state index contributed by atoms with van der Waals surface area (Å²) in [5.41, 5.74) is 3.44. The van der Waals surface area contributed by atoms with Gasteiger partial charge in [-0.25, -0.2) is 4.98 Å². The van der Waals surface area contributed by atoms with E-state index in [9.17, 15) is 9.18 Å². The van der Waals surface area contributed by atoms with Crippen LogP contribution in [0.3, 0.4) is 0 Å². The van der Waals surface area contributed by atoms with Crippen LogP contribution in [-0.4, -0.2) is 20.7 Å². The van der Waals surface area contributed by atoms with Gasteiger partial charge in [0.25, 0.3) is 5.91 Å². The zero-order valence-corrected chi connectivity index (χ0v) is 15.1. The number of benzene rings is 1. The fourth-order valence-electron chi connectivity index (χ4n) is 2.77. The van der Waals surface area contributed by atoms with E-state index in [0.717, 1.165) is 17.7 Å². The van der Waals surface area contributed by atoms with Gasteiger partial charge in [-0.2, -0.15) is 9.49 Å². The highest BCUT2D eigenvalue weighted by molar-refractivity contribution is 6.03. The van der Waals surface area contributed by atoms with E-state index >= 15 is 0 Å². The lowest BCUT2D eigenvalue weighted by Crippen LogP contribution is -2.13. The standard InChI is InChI=1S/C20H21FN4O/c1-4-15-12-17(25(5-2)24-15)16-9-10-18(22-19(16)21)23-20(26)14-8-6-7-13(3)11-14/h6-12H,4-5H2,1-3H3,(H,22,23,26). The number of hydrogen-bond acceptors (Lipinski definition) is 3. The average Bonchev–Trinajstić information content (AvgIpc) is 3.05. The van der Waals surface area contributed by atoms with E-state index in [0.29, 0.717) is 23.4 Å². The van der Waals surface area contributed by atoms with E-state index in [4.69, 9.17) is 0 Å². The summed E-state index contributed by atoms with van der Waals surface area (Å²) in [6, 6.07) is 12.3. The number of carbonyl (C=O) groups excluding carboxylic acids is 1. The molecule has 2 aromatic heterocycles. The molecule has 0 fully saturated rings. The number of nitrogens with zero attached hydrogens (tertiary/aromatic N) is 3. The second-order valence-corrected chi connectivity index (χ2v) is 6.05. The first kappa shape index (κ1) is 17.8. The number of rotatable bonds is 5. The van der Waals surface area contributed by atoms with Crippen LogP contribution >= 0.6 is 0 Å². The molecule has 134 valence electrons. The highest BCUT2D eigenvalue weighted by atomic mass is 19.1. The van der Waals surface area contributed by atoms with Crippen LogP contribution in [0.4, 0.5) is 10.2 Å². The molecule has 5 nitrogen and oxygen atoms in total. The van der Waals surface area contributed by atoms with Gasteiger partial charge in [-0.15, -0.1) is 0 Å². The van der Waals surface area contributed by atoms with Crippen LogP contribution in [0.2, 0.25) is 0 Å². The number of nitrogens with one attached hydrogen (secondary N) is 1. The molecule has 6 heteroatoms. The minimum Gasteiger partial charge on any atom is -0.306 e. The molecule has 0 saturated heterocycles. The van der Waals surface area contributed by atoms with Crippen molar-refractivity contribution >= 4 is 11.7 Å². The number of carbonyl (C=O) groups is 1. The molecule has 26 heavy (non-hydrogen) atoms. The van der Waals surface area contributed by atoms with Crippen molar-refractivity contribution in [1.29, 1.82) is 0 Å². The Labute approximate surface area is 151 Å². The van der Waals surface area contributed by atoms with Crippen LogP contribution in [0.5, 0.6) is 0 Å². The first-order chi connectivity index (χ1) is 12.5. The van der Waals surface area contributed by atoms with Crippen molar-refractivity contribution in [2.75, 3.05) is 5.32 Å². The van der Waals surface area contributed by atoms with Crippen molar-refractivity contribution in [2.24, 2.45) is 0 Å². The molecule has 0 aliphatic rings. The SMILES string of the molecule is CCc1cc(-c2ccc(NC(=O)c3cccc(C)c3)nc2F)n(CC)n1. The highest BCUT2D eigenvalue weighted by Gasteiger charge is 2.15. The Morgan fingerprint density at radius 3 is 2.65 bits per heavy atom. The van der Waals surface area contributed by atoms with Crippen molar-refractivity contribution in [1.82, 2.24) is 14.8 Å². The van der Waals surface area contributed by atoms with Crippen molar-refractivity contribution in [3.8, 4) is 11.3 Å². The van der Waals surface area contributed by atoms with Crippen LogP contribution in [0.15, 0.2) is 42.5 Å². The smallest absolute Gasteiger partial charge is 0.256 e. The summed E-state index contributed by atoms with van der Waals surface area (Å²) in [6.45, 7) is 6.51. The molecule has 3 aromatic rings. The fraction of sp³-hybridized carbons (Fsp3) is 0.250. The topological polar surface area (TPSA) is 59.8 Å². The Morgan fingerprint density at radius 1 is 1.19 bits per heavy atom. The largest absolute Gasteiger partial charge is 0.306 e. The molecule has 0 unspecified atom stereocenters. The number of hydrogen-bond donors (Lipinski definition) is 1. The molecule has 0 atom stereocenters. The van der Waals surface area contributed by atoms with Gasteiger partial charge in [0.15, 0.2) is 0 Å². The molecule has 0 spiro atoms. The maximum Gasteiger partial charge on any atom is 0.256 e. The Morgan fingerprint density at radius 2 is 2.00 bits per heavy atom. The van der Waals surface area contributed by atoms with Gasteiger partial charge in [-0.05, 0) is 50.6 Å². The third kappa shape index (κ3) is 3.64. The van der Waals surface area contributed by atoms with Crippen LogP contribution in [-0.2, 0) is 13.0 Å². The van der Waals surface area contributed by atoms with Crippen LogP contribution in [0.1, 0.15) is 35.5 Å². The minimum atomic E-state index is -0.635. The molecule has 0 saturated carbocycles. The summed E-state index contributed by atoms with van der Waals surface area (Å²) in [5.74, 6) is -0.777. The van der Waals surface area contributed by atoms with Gasteiger partial charge in [0, 0.05) is 12.1 Å². The second kappa shape index (κ2) is 7.47. The summed E-state index contributed by atoms with van der Waals surface area (Å²) in [6.07, 6.45) is 0.777. The molecular weight excluding hydrogens is 331 g/mol. The van der Waals surface area contributed by atoms with Gasteiger partial charge in [-0.3, -0.25) is 9.48 Å². The van der Waals surface area contributed by atoms with Gasteiger partial charge in [-0.1, -0.05) is 24.6 Å². The van der Waals surface area contributed by atoms with E-state index in [-0.39, 0.29) is 11.7 Å². The van der Waals surface area contributed by atoms with E-state index in [1.807, 2.05) is 32.9 Å². The van der Waals surface area contributed by atoms with Crippen LogP contribution < -0.4 is 5.32 Å². The molecule has 0 aliphatic carbocycles. The van der Waals surface area contributed by atoms with Gasteiger partial charge >= 0.3 is 0 Å². The molecule has 2 heterocycles. The summed E-state index contributed by atoms with van der Waals surface area (Å²) >= 11 is 0. The molecular formula is C20H21FN4O. The molecule has 0 radical (unpaired) electrons. The monoisotopic (exact) mass is 352 g/mol. The second-order valence-electron chi connectivity index (χ2n) is 6.05. The average molecular weight is 352 g/mol. The zero-order chi connectivity index (χ0) is 18.7. The zero-order valence-electron chi connectivity index (χ0n) is 15.1. The summed E-state index contributed by atoms with van der Waals surface area (Å²) in [7, 11) is 0. The normalized spacial score (nSPS) is 10.8. The number of anilines is 1. The summed E-state index contributed by atoms with van der Waals surface area (Å²) in [5, 5.41) is 7.07. The summed E-state index contributed by atoms with van der Waals surface area (Å²) in [4.78, 5) is 16.2. The molecule has 1 N–H and O–H groups in total. The lowest BCUT2D eigenvalue weighted by Gasteiger charge is -2.08. The number of halogens is 1. The van der Waals surface area contributed by atoms with Crippen molar-refractivity contribution in [3.63, 3.8) is 0 Å². The van der Waals surface area contributed by atoms with Crippen molar-refractivity contribution in [2.45, 2.75) is 33.7 Å². The third-order valence-electron chi connectivity index (χ3n) is 4.14. The predicted molar refractivity (Wildman–Crippen MR) is 99.6 cm³/mol. The Kier molecular flexibility index (Phi) is 5.11. The van der Waals surface area contributed by atoms with Gasteiger partial charge in [0.1, 0.15) is 5.82 Å². The van der Waals surface area contributed by atoms with Crippen LogP contribution in [0, 0.1) is 12.9 Å². The number of aryl methyl sites for hydroxylation is 3. The Bertz CT molecular complexity index is 949. The molecule has 0 aliphatic heterocycles. The maximum absolute atomic E-state index is 14.6. The summed E-state index contributed by atoms with van der Waals surface area (Å²) < 4.78 is 16.3. The van der Waals surface area contributed by atoms with E-state index in [1.165, 1.54) is 0 Å². The molecule has 1 amide bonds. The van der Waals surface area contributed by atoms with Crippen LogP contribution in [0.25, 0.3) is 11.3 Å². The predicted octanol–water partition coefficient (Wildman–Crippen LogP) is 4.23. The quantitative estimate of drug-likeness (QED) is 0.699. The lowest BCUT2D eigenvalue weighted by molar-refractivity contribution is 0.102. The fourth-order valence-corrected chi connectivity index (χ4v) is 2.77. The van der Waals surface area contributed by atoms with Gasteiger partial charge in [0.05, 0.1) is 17.0 Å². The number of amides is 1. The third-order valence-corrected chi connectivity index (χ3v) is 4.14. The first-order valence-corrected chi connectivity index (χ1v) is 8.63. The number of pyridine rings is 1. The molecule has 1 aromatic carbocycles. The molecule has 0 bridgehead atoms. The highest BCUT2D eigenvalue weighted by Crippen LogP contribution is 2.24. The lowest BCUT2D eigenvalue weighted by atomic mass is 10.1. The van der Waals surface area contributed by atoms with E-state index < -0.39 is 5.95 Å². The van der Waals surface area contributed by atoms with Gasteiger partial charge < -0.3 is 5.32 Å². The first-order valence-electron chi connectivity index (χ1n) is 8.63.